The fraction of sp³-hybridized carbons (Fsp3) is 0.455. The van der Waals surface area contributed by atoms with Gasteiger partial charge in [-0.2, -0.15) is 0 Å². The molecule has 1 aromatic carbocycles. The molecule has 0 radical (unpaired) electrons. The Balaban J connectivity index is 1.17. The molecule has 2 amide bonds. The van der Waals surface area contributed by atoms with Gasteiger partial charge in [-0.3, -0.25) is 14.5 Å². The molecule has 4 rings (SSSR count). The molecule has 3 heterocycles. The molecule has 2 aliphatic heterocycles. The van der Waals surface area contributed by atoms with E-state index in [4.69, 9.17) is 0 Å². The van der Waals surface area contributed by atoms with Crippen LogP contribution in [-0.4, -0.2) is 72.5 Å². The molecular formula is C22H26F2N6O2. The van der Waals surface area contributed by atoms with E-state index in [0.29, 0.717) is 6.54 Å². The second-order valence-electron chi connectivity index (χ2n) is 8.06. The zero-order valence-electron chi connectivity index (χ0n) is 17.7. The minimum atomic E-state index is -0.752. The van der Waals surface area contributed by atoms with Gasteiger partial charge in [0.15, 0.2) is 0 Å². The first-order valence-corrected chi connectivity index (χ1v) is 10.8. The molecule has 0 saturated carbocycles. The van der Waals surface area contributed by atoms with E-state index >= 15 is 0 Å². The summed E-state index contributed by atoms with van der Waals surface area (Å²) < 4.78 is 26.9. The average Bonchev–Trinajstić information content (AvgIpc) is 3.19. The highest BCUT2D eigenvalue weighted by atomic mass is 19.1. The third-order valence-electron chi connectivity index (χ3n) is 5.81. The van der Waals surface area contributed by atoms with Crippen LogP contribution in [0.3, 0.4) is 0 Å². The third-order valence-corrected chi connectivity index (χ3v) is 5.81. The van der Waals surface area contributed by atoms with Crippen molar-refractivity contribution in [1.29, 1.82) is 0 Å². The normalized spacial score (nSPS) is 19.4. The van der Waals surface area contributed by atoms with Gasteiger partial charge in [-0.05, 0) is 31.2 Å². The highest BCUT2D eigenvalue weighted by Gasteiger charge is 2.35. The van der Waals surface area contributed by atoms with E-state index in [-0.39, 0.29) is 30.5 Å². The molecule has 8 nitrogen and oxygen atoms in total. The summed E-state index contributed by atoms with van der Waals surface area (Å²) in [6.07, 6.45) is 4.32. The predicted molar refractivity (Wildman–Crippen MR) is 115 cm³/mol. The van der Waals surface area contributed by atoms with E-state index in [0.717, 1.165) is 63.3 Å². The SMILES string of the molecule is O=C(NCCCN1CCN(c2ncccn2)CC1)C1CC(=O)N(c2cc(F)cc(F)c2)C1. The largest absolute Gasteiger partial charge is 0.356 e. The number of anilines is 2. The fourth-order valence-corrected chi connectivity index (χ4v) is 4.11. The van der Waals surface area contributed by atoms with Crippen molar-refractivity contribution < 1.29 is 18.4 Å². The van der Waals surface area contributed by atoms with Crippen molar-refractivity contribution >= 4 is 23.5 Å². The second kappa shape index (κ2) is 9.99. The first-order valence-electron chi connectivity index (χ1n) is 10.8. The predicted octanol–water partition coefficient (Wildman–Crippen LogP) is 1.44. The van der Waals surface area contributed by atoms with Gasteiger partial charge in [-0.1, -0.05) is 0 Å². The van der Waals surface area contributed by atoms with Crippen molar-refractivity contribution in [3.63, 3.8) is 0 Å². The van der Waals surface area contributed by atoms with Gasteiger partial charge in [-0.15, -0.1) is 0 Å². The van der Waals surface area contributed by atoms with Crippen LogP contribution in [-0.2, 0) is 9.59 Å². The van der Waals surface area contributed by atoms with Gasteiger partial charge < -0.3 is 15.1 Å². The van der Waals surface area contributed by atoms with Crippen molar-refractivity contribution in [2.75, 3.05) is 55.6 Å². The monoisotopic (exact) mass is 444 g/mol. The van der Waals surface area contributed by atoms with Crippen LogP contribution < -0.4 is 15.1 Å². The van der Waals surface area contributed by atoms with Crippen molar-refractivity contribution in [3.05, 3.63) is 48.3 Å². The Kier molecular flexibility index (Phi) is 6.89. The van der Waals surface area contributed by atoms with Crippen molar-refractivity contribution in [3.8, 4) is 0 Å². The van der Waals surface area contributed by atoms with E-state index in [2.05, 4.69) is 25.1 Å². The van der Waals surface area contributed by atoms with Crippen LogP contribution in [0.4, 0.5) is 20.4 Å². The lowest BCUT2D eigenvalue weighted by atomic mass is 10.1. The molecule has 2 aliphatic rings. The third kappa shape index (κ3) is 5.37. The van der Waals surface area contributed by atoms with Gasteiger partial charge in [0.05, 0.1) is 5.92 Å². The van der Waals surface area contributed by atoms with Gasteiger partial charge in [0.25, 0.3) is 0 Å². The number of nitrogens with zero attached hydrogens (tertiary/aromatic N) is 5. The molecule has 2 aromatic rings. The first kappa shape index (κ1) is 22.1. The van der Waals surface area contributed by atoms with E-state index < -0.39 is 17.6 Å². The highest BCUT2D eigenvalue weighted by molar-refractivity contribution is 6.00. The fourth-order valence-electron chi connectivity index (χ4n) is 4.11. The molecule has 1 atom stereocenters. The number of hydrogen-bond acceptors (Lipinski definition) is 6. The Bertz CT molecular complexity index is 932. The minimum Gasteiger partial charge on any atom is -0.356 e. The lowest BCUT2D eigenvalue weighted by molar-refractivity contribution is -0.126. The molecule has 2 fully saturated rings. The lowest BCUT2D eigenvalue weighted by Gasteiger charge is -2.34. The number of carbonyl (C=O) groups is 2. The number of halogens is 2. The van der Waals surface area contributed by atoms with Crippen LogP contribution in [0.25, 0.3) is 0 Å². The molecule has 1 N–H and O–H groups in total. The number of hydrogen-bond donors (Lipinski definition) is 1. The maximum Gasteiger partial charge on any atom is 0.227 e. The summed E-state index contributed by atoms with van der Waals surface area (Å²) in [5.41, 5.74) is 0.142. The topological polar surface area (TPSA) is 81.7 Å². The summed E-state index contributed by atoms with van der Waals surface area (Å²) >= 11 is 0. The zero-order valence-corrected chi connectivity index (χ0v) is 17.7. The van der Waals surface area contributed by atoms with Crippen LogP contribution >= 0.6 is 0 Å². The summed E-state index contributed by atoms with van der Waals surface area (Å²) in [5.74, 6) is -1.79. The van der Waals surface area contributed by atoms with Gasteiger partial charge in [0.1, 0.15) is 11.6 Å². The number of amides is 2. The Morgan fingerprint density at radius 2 is 1.75 bits per heavy atom. The van der Waals surface area contributed by atoms with Crippen LogP contribution in [0.1, 0.15) is 12.8 Å². The van der Waals surface area contributed by atoms with Crippen LogP contribution in [0.5, 0.6) is 0 Å². The Morgan fingerprint density at radius 3 is 2.44 bits per heavy atom. The smallest absolute Gasteiger partial charge is 0.227 e. The van der Waals surface area contributed by atoms with Gasteiger partial charge in [-0.25, -0.2) is 18.7 Å². The molecule has 10 heteroatoms. The number of rotatable bonds is 7. The van der Waals surface area contributed by atoms with E-state index in [9.17, 15) is 18.4 Å². The van der Waals surface area contributed by atoms with E-state index in [1.165, 1.54) is 4.90 Å². The van der Waals surface area contributed by atoms with Gasteiger partial charge >= 0.3 is 0 Å². The van der Waals surface area contributed by atoms with Crippen molar-refractivity contribution in [2.24, 2.45) is 5.92 Å². The maximum atomic E-state index is 13.5. The Labute approximate surface area is 185 Å². The minimum absolute atomic E-state index is 0.0352. The quantitative estimate of drug-likeness (QED) is 0.651. The van der Waals surface area contributed by atoms with E-state index in [1.807, 2.05) is 0 Å². The van der Waals surface area contributed by atoms with Crippen LogP contribution in [0.15, 0.2) is 36.7 Å². The summed E-state index contributed by atoms with van der Waals surface area (Å²) in [6, 6.07) is 4.76. The molecule has 0 aliphatic carbocycles. The lowest BCUT2D eigenvalue weighted by Crippen LogP contribution is -2.47. The summed E-state index contributed by atoms with van der Waals surface area (Å²) in [6.45, 7) is 5.03. The standard InChI is InChI=1S/C22H26F2N6O2/c23-17-12-18(24)14-19(13-17)30-15-16(11-20(30)31)21(32)25-5-2-6-28-7-9-29(10-8-28)22-26-3-1-4-27-22/h1,3-4,12-14,16H,2,5-11,15H2,(H,25,32). The second-order valence-corrected chi connectivity index (χ2v) is 8.06. The van der Waals surface area contributed by atoms with Gasteiger partial charge in [0.2, 0.25) is 17.8 Å². The number of piperazine rings is 1. The summed E-state index contributed by atoms with van der Waals surface area (Å²) in [7, 11) is 0. The number of nitrogens with one attached hydrogen (secondary N) is 1. The summed E-state index contributed by atoms with van der Waals surface area (Å²) in [4.78, 5) is 39.1. The molecule has 32 heavy (non-hydrogen) atoms. The summed E-state index contributed by atoms with van der Waals surface area (Å²) in [5, 5.41) is 2.89. The van der Waals surface area contributed by atoms with Crippen LogP contribution in [0.2, 0.25) is 0 Å². The maximum absolute atomic E-state index is 13.5. The van der Waals surface area contributed by atoms with Crippen molar-refractivity contribution in [2.45, 2.75) is 12.8 Å². The van der Waals surface area contributed by atoms with E-state index in [1.54, 1.807) is 18.5 Å². The number of carbonyl (C=O) groups excluding carboxylic acids is 2. The molecule has 1 unspecified atom stereocenters. The molecular weight excluding hydrogens is 418 g/mol. The first-order chi connectivity index (χ1) is 15.5. The average molecular weight is 444 g/mol. The van der Waals surface area contributed by atoms with Crippen molar-refractivity contribution in [1.82, 2.24) is 20.2 Å². The van der Waals surface area contributed by atoms with Crippen LogP contribution in [0, 0.1) is 17.6 Å². The number of benzene rings is 1. The Hall–Kier alpha value is -3.14. The van der Waals surface area contributed by atoms with Gasteiger partial charge in [0, 0.05) is 69.8 Å². The molecule has 0 spiro atoms. The highest BCUT2D eigenvalue weighted by Crippen LogP contribution is 2.26. The molecule has 170 valence electrons. The Morgan fingerprint density at radius 1 is 1.06 bits per heavy atom. The zero-order chi connectivity index (χ0) is 22.5. The molecule has 0 bridgehead atoms. The molecule has 2 saturated heterocycles. The molecule has 1 aromatic heterocycles. The number of aromatic nitrogens is 2.